The van der Waals surface area contributed by atoms with Crippen LogP contribution in [0.1, 0.15) is 16.8 Å². The van der Waals surface area contributed by atoms with E-state index >= 15 is 0 Å². The number of anilines is 1. The summed E-state index contributed by atoms with van der Waals surface area (Å²) in [6.07, 6.45) is 1.22. The highest BCUT2D eigenvalue weighted by molar-refractivity contribution is 5.95. The first-order valence-corrected chi connectivity index (χ1v) is 8.48. The van der Waals surface area contributed by atoms with Crippen LogP contribution in [-0.4, -0.2) is 73.5 Å². The van der Waals surface area contributed by atoms with Gasteiger partial charge in [-0.1, -0.05) is 0 Å². The largest absolute Gasteiger partial charge is 0.366 e. The lowest BCUT2D eigenvalue weighted by molar-refractivity contribution is -0.117. The second kappa shape index (κ2) is 10.7. The number of primary amides is 1. The smallest absolute Gasteiger partial charge is 0.248 e. The molecular formula is C17H27Cl2N5O2. The Labute approximate surface area is 166 Å². The van der Waals surface area contributed by atoms with Gasteiger partial charge >= 0.3 is 0 Å². The van der Waals surface area contributed by atoms with E-state index in [9.17, 15) is 9.59 Å². The SMILES string of the molecule is Cl.Cl.NC(=O)c1ccc(NC(=O)CN2CCN(C3CCNC3)CC2)cc1. The molecule has 1 aromatic carbocycles. The van der Waals surface area contributed by atoms with Crippen molar-refractivity contribution in [1.29, 1.82) is 0 Å². The van der Waals surface area contributed by atoms with Crippen LogP contribution in [0.3, 0.4) is 0 Å². The summed E-state index contributed by atoms with van der Waals surface area (Å²) in [5, 5.41) is 6.27. The van der Waals surface area contributed by atoms with Crippen molar-refractivity contribution in [3.8, 4) is 0 Å². The first-order valence-electron chi connectivity index (χ1n) is 8.48. The quantitative estimate of drug-likeness (QED) is 0.667. The molecule has 0 aliphatic carbocycles. The Hall–Kier alpha value is -1.38. The number of piperazine rings is 1. The third-order valence-corrected chi connectivity index (χ3v) is 4.78. The van der Waals surface area contributed by atoms with Crippen LogP contribution in [0, 0.1) is 0 Å². The summed E-state index contributed by atoms with van der Waals surface area (Å²) >= 11 is 0. The second-order valence-corrected chi connectivity index (χ2v) is 6.45. The summed E-state index contributed by atoms with van der Waals surface area (Å²) in [6, 6.07) is 7.29. The average molecular weight is 404 g/mol. The van der Waals surface area contributed by atoms with Crippen LogP contribution in [0.2, 0.25) is 0 Å². The predicted molar refractivity (Wildman–Crippen MR) is 107 cm³/mol. The van der Waals surface area contributed by atoms with Crippen LogP contribution in [0.5, 0.6) is 0 Å². The molecule has 2 aliphatic heterocycles. The van der Waals surface area contributed by atoms with Crippen molar-refractivity contribution in [1.82, 2.24) is 15.1 Å². The van der Waals surface area contributed by atoms with Gasteiger partial charge in [-0.25, -0.2) is 0 Å². The molecule has 1 unspecified atom stereocenters. The van der Waals surface area contributed by atoms with Crippen LogP contribution in [0.25, 0.3) is 0 Å². The van der Waals surface area contributed by atoms with Gasteiger partial charge in [0.25, 0.3) is 0 Å². The van der Waals surface area contributed by atoms with E-state index in [0.29, 0.717) is 23.8 Å². The van der Waals surface area contributed by atoms with Crippen molar-refractivity contribution in [2.45, 2.75) is 12.5 Å². The molecule has 0 bridgehead atoms. The van der Waals surface area contributed by atoms with Gasteiger partial charge in [0.2, 0.25) is 11.8 Å². The van der Waals surface area contributed by atoms with Crippen LogP contribution in [-0.2, 0) is 4.79 Å². The summed E-state index contributed by atoms with van der Waals surface area (Å²) in [5.41, 5.74) is 6.32. The van der Waals surface area contributed by atoms with E-state index in [2.05, 4.69) is 20.4 Å². The van der Waals surface area contributed by atoms with Gasteiger partial charge in [0, 0.05) is 50.0 Å². The molecule has 2 heterocycles. The van der Waals surface area contributed by atoms with Gasteiger partial charge in [0.15, 0.2) is 0 Å². The lowest BCUT2D eigenvalue weighted by atomic mass is 10.2. The van der Waals surface area contributed by atoms with Crippen molar-refractivity contribution >= 4 is 42.3 Å². The van der Waals surface area contributed by atoms with E-state index in [1.165, 1.54) is 6.42 Å². The Balaban J connectivity index is 0.00000169. The normalized spacial score (nSPS) is 20.7. The van der Waals surface area contributed by atoms with E-state index in [1.54, 1.807) is 24.3 Å². The number of hydrogen-bond donors (Lipinski definition) is 3. The molecule has 0 saturated carbocycles. The monoisotopic (exact) mass is 403 g/mol. The molecule has 7 nitrogen and oxygen atoms in total. The van der Waals surface area contributed by atoms with E-state index in [1.807, 2.05) is 0 Å². The van der Waals surface area contributed by atoms with Crippen LogP contribution in [0.15, 0.2) is 24.3 Å². The number of nitrogens with one attached hydrogen (secondary N) is 2. The molecule has 1 aromatic rings. The number of carbonyl (C=O) groups excluding carboxylic acids is 2. The number of rotatable bonds is 5. The van der Waals surface area contributed by atoms with Crippen LogP contribution >= 0.6 is 24.8 Å². The van der Waals surface area contributed by atoms with E-state index in [0.717, 1.165) is 39.3 Å². The fourth-order valence-corrected chi connectivity index (χ4v) is 3.36. The molecule has 0 radical (unpaired) electrons. The molecule has 1 atom stereocenters. The molecule has 146 valence electrons. The lowest BCUT2D eigenvalue weighted by Gasteiger charge is -2.37. The van der Waals surface area contributed by atoms with Gasteiger partial charge in [0.05, 0.1) is 6.54 Å². The highest BCUT2D eigenvalue weighted by Crippen LogP contribution is 2.13. The van der Waals surface area contributed by atoms with E-state index in [4.69, 9.17) is 5.73 Å². The molecule has 3 rings (SSSR count). The maximum atomic E-state index is 12.2. The zero-order valence-electron chi connectivity index (χ0n) is 14.6. The number of benzene rings is 1. The summed E-state index contributed by atoms with van der Waals surface area (Å²) < 4.78 is 0. The fraction of sp³-hybridized carbons (Fsp3) is 0.529. The highest BCUT2D eigenvalue weighted by Gasteiger charge is 2.26. The number of nitrogens with two attached hydrogens (primary N) is 1. The van der Waals surface area contributed by atoms with Gasteiger partial charge in [-0.15, -0.1) is 24.8 Å². The standard InChI is InChI=1S/C17H25N5O2.2ClH/c18-17(24)13-1-3-14(4-2-13)20-16(23)12-21-7-9-22(10-8-21)15-5-6-19-11-15;;/h1-4,15,19H,5-12H2,(H2,18,24)(H,20,23);2*1H. The number of amides is 2. The third kappa shape index (κ3) is 6.10. The van der Waals surface area contributed by atoms with Crippen molar-refractivity contribution < 1.29 is 9.59 Å². The number of halogens is 2. The molecule has 2 aliphatic rings. The van der Waals surface area contributed by atoms with Crippen molar-refractivity contribution in [3.63, 3.8) is 0 Å². The van der Waals surface area contributed by atoms with Crippen molar-refractivity contribution in [3.05, 3.63) is 29.8 Å². The number of carbonyl (C=O) groups is 2. The number of nitrogens with zero attached hydrogens (tertiary/aromatic N) is 2. The van der Waals surface area contributed by atoms with Gasteiger partial charge in [-0.3, -0.25) is 19.4 Å². The van der Waals surface area contributed by atoms with E-state index < -0.39 is 5.91 Å². The zero-order chi connectivity index (χ0) is 16.9. The predicted octanol–water partition coefficient (Wildman–Crippen LogP) is 0.547. The maximum Gasteiger partial charge on any atom is 0.248 e. The molecule has 2 saturated heterocycles. The average Bonchev–Trinajstić information content (AvgIpc) is 3.10. The third-order valence-electron chi connectivity index (χ3n) is 4.78. The Morgan fingerprint density at radius 1 is 1.12 bits per heavy atom. The summed E-state index contributed by atoms with van der Waals surface area (Å²) in [4.78, 5) is 27.9. The molecule has 9 heteroatoms. The summed E-state index contributed by atoms with van der Waals surface area (Å²) in [6.45, 7) is 6.48. The topological polar surface area (TPSA) is 90.7 Å². The first-order chi connectivity index (χ1) is 11.6. The molecule has 2 fully saturated rings. The Kier molecular flexibility index (Phi) is 9.32. The van der Waals surface area contributed by atoms with Crippen molar-refractivity contribution in [2.24, 2.45) is 5.73 Å². The van der Waals surface area contributed by atoms with Crippen LogP contribution in [0.4, 0.5) is 5.69 Å². The summed E-state index contributed by atoms with van der Waals surface area (Å²) in [5.74, 6) is -0.499. The minimum absolute atomic E-state index is 0. The Morgan fingerprint density at radius 3 is 2.31 bits per heavy atom. The number of hydrogen-bond acceptors (Lipinski definition) is 5. The molecule has 4 N–H and O–H groups in total. The van der Waals surface area contributed by atoms with Crippen LogP contribution < -0.4 is 16.4 Å². The van der Waals surface area contributed by atoms with E-state index in [-0.39, 0.29) is 30.7 Å². The lowest BCUT2D eigenvalue weighted by Crippen LogP contribution is -2.52. The molecule has 0 aromatic heterocycles. The van der Waals surface area contributed by atoms with Gasteiger partial charge in [-0.05, 0) is 37.2 Å². The highest BCUT2D eigenvalue weighted by atomic mass is 35.5. The van der Waals surface area contributed by atoms with Gasteiger partial charge < -0.3 is 16.4 Å². The molecule has 0 spiro atoms. The molecule has 2 amide bonds. The Morgan fingerprint density at radius 2 is 1.77 bits per heavy atom. The maximum absolute atomic E-state index is 12.2. The van der Waals surface area contributed by atoms with Crippen molar-refractivity contribution in [2.75, 3.05) is 51.1 Å². The minimum atomic E-state index is -0.469. The van der Waals surface area contributed by atoms with Gasteiger partial charge in [-0.2, -0.15) is 0 Å². The molecule has 26 heavy (non-hydrogen) atoms. The zero-order valence-corrected chi connectivity index (χ0v) is 16.3. The van der Waals surface area contributed by atoms with Gasteiger partial charge in [0.1, 0.15) is 0 Å². The fourth-order valence-electron chi connectivity index (χ4n) is 3.36. The Bertz CT molecular complexity index is 585. The second-order valence-electron chi connectivity index (χ2n) is 6.45. The first kappa shape index (κ1) is 22.7. The molecular weight excluding hydrogens is 377 g/mol. The summed E-state index contributed by atoms with van der Waals surface area (Å²) in [7, 11) is 0. The minimum Gasteiger partial charge on any atom is -0.366 e.